The Kier molecular flexibility index (Phi) is 5.40. The number of thioether (sulfide) groups is 1. The molecule has 0 spiro atoms. The van der Waals surface area contributed by atoms with Gasteiger partial charge < -0.3 is 9.73 Å². The number of rotatable bonds is 5. The number of nitrogens with one attached hydrogen (secondary N) is 1. The topological polar surface area (TPSA) is 68.0 Å². The third kappa shape index (κ3) is 4.41. The molecule has 0 atom stereocenters. The molecule has 0 aliphatic rings. The number of halogens is 1. The third-order valence-electron chi connectivity index (χ3n) is 3.56. The first-order chi connectivity index (χ1) is 12.0. The van der Waals surface area contributed by atoms with Crippen molar-refractivity contribution in [3.05, 3.63) is 58.6 Å². The van der Waals surface area contributed by atoms with Gasteiger partial charge in [0.1, 0.15) is 0 Å². The van der Waals surface area contributed by atoms with E-state index in [1.165, 1.54) is 11.8 Å². The van der Waals surface area contributed by atoms with Crippen molar-refractivity contribution >= 4 is 35.0 Å². The minimum atomic E-state index is -0.166. The zero-order valence-electron chi connectivity index (χ0n) is 13.7. The summed E-state index contributed by atoms with van der Waals surface area (Å²) in [6.45, 7) is 3.89. The molecule has 0 bridgehead atoms. The summed E-state index contributed by atoms with van der Waals surface area (Å²) in [4.78, 5) is 12.0. The minimum Gasteiger partial charge on any atom is -0.411 e. The van der Waals surface area contributed by atoms with Crippen molar-refractivity contribution in [1.82, 2.24) is 10.2 Å². The average molecular weight is 374 g/mol. The smallest absolute Gasteiger partial charge is 0.277 e. The Bertz CT molecular complexity index is 911. The van der Waals surface area contributed by atoms with E-state index in [0.29, 0.717) is 21.8 Å². The van der Waals surface area contributed by atoms with E-state index in [-0.39, 0.29) is 11.7 Å². The number of hydrogen-bond acceptors (Lipinski definition) is 5. The molecule has 128 valence electrons. The summed E-state index contributed by atoms with van der Waals surface area (Å²) in [5.41, 5.74) is 3.56. The Labute approximate surface area is 154 Å². The summed E-state index contributed by atoms with van der Waals surface area (Å²) >= 11 is 7.25. The quantitative estimate of drug-likeness (QED) is 0.654. The van der Waals surface area contributed by atoms with E-state index < -0.39 is 0 Å². The van der Waals surface area contributed by atoms with Crippen molar-refractivity contribution in [3.63, 3.8) is 0 Å². The lowest BCUT2D eigenvalue weighted by molar-refractivity contribution is -0.113. The number of carbonyl (C=O) groups excluding carboxylic acids is 1. The fourth-order valence-electron chi connectivity index (χ4n) is 2.18. The fourth-order valence-corrected chi connectivity index (χ4v) is 2.93. The van der Waals surface area contributed by atoms with Crippen molar-refractivity contribution in [1.29, 1.82) is 0 Å². The van der Waals surface area contributed by atoms with Crippen molar-refractivity contribution in [2.75, 3.05) is 11.1 Å². The normalized spacial score (nSPS) is 10.7. The predicted octanol–water partition coefficient (Wildman–Crippen LogP) is 4.74. The molecule has 3 rings (SSSR count). The third-order valence-corrected chi connectivity index (χ3v) is 4.79. The molecule has 2 aromatic carbocycles. The largest absolute Gasteiger partial charge is 0.411 e. The van der Waals surface area contributed by atoms with E-state index in [1.54, 1.807) is 6.07 Å². The van der Waals surface area contributed by atoms with Gasteiger partial charge in [0.05, 0.1) is 5.75 Å². The van der Waals surface area contributed by atoms with Crippen LogP contribution < -0.4 is 5.32 Å². The highest BCUT2D eigenvalue weighted by atomic mass is 35.5. The van der Waals surface area contributed by atoms with Crippen LogP contribution in [0.4, 0.5) is 5.69 Å². The molecule has 0 unspecified atom stereocenters. The van der Waals surface area contributed by atoms with Crippen LogP contribution in [-0.2, 0) is 4.79 Å². The molecule has 25 heavy (non-hydrogen) atoms. The lowest BCUT2D eigenvalue weighted by atomic mass is 10.1. The zero-order chi connectivity index (χ0) is 17.8. The molecule has 0 aliphatic carbocycles. The van der Waals surface area contributed by atoms with Gasteiger partial charge in [-0.25, -0.2) is 0 Å². The van der Waals surface area contributed by atoms with E-state index in [4.69, 9.17) is 16.0 Å². The maximum absolute atomic E-state index is 12.0. The second-order valence-electron chi connectivity index (χ2n) is 5.49. The number of amides is 1. The number of aryl methyl sites for hydroxylation is 2. The van der Waals surface area contributed by atoms with Crippen molar-refractivity contribution in [2.45, 2.75) is 19.1 Å². The van der Waals surface area contributed by atoms with Gasteiger partial charge in [0, 0.05) is 16.3 Å². The first-order valence-electron chi connectivity index (χ1n) is 7.61. The van der Waals surface area contributed by atoms with E-state index in [2.05, 4.69) is 15.5 Å². The molecule has 1 N–H and O–H groups in total. The van der Waals surface area contributed by atoms with E-state index in [1.807, 2.05) is 50.2 Å². The summed E-state index contributed by atoms with van der Waals surface area (Å²) in [7, 11) is 0. The van der Waals surface area contributed by atoms with Gasteiger partial charge in [0.15, 0.2) is 0 Å². The summed E-state index contributed by atoms with van der Waals surface area (Å²) in [5, 5.41) is 11.8. The highest BCUT2D eigenvalue weighted by Gasteiger charge is 2.13. The van der Waals surface area contributed by atoms with Crippen LogP contribution in [0.2, 0.25) is 5.02 Å². The summed E-state index contributed by atoms with van der Waals surface area (Å²) < 4.78 is 5.63. The first kappa shape index (κ1) is 17.5. The maximum atomic E-state index is 12.0. The molecule has 1 heterocycles. The van der Waals surface area contributed by atoms with Gasteiger partial charge in [-0.1, -0.05) is 47.6 Å². The van der Waals surface area contributed by atoms with Crippen molar-refractivity contribution < 1.29 is 9.21 Å². The van der Waals surface area contributed by atoms with Gasteiger partial charge >= 0.3 is 0 Å². The van der Waals surface area contributed by atoms with Gasteiger partial charge in [-0.05, 0) is 43.2 Å². The van der Waals surface area contributed by atoms with Crippen LogP contribution in [-0.4, -0.2) is 21.9 Å². The predicted molar refractivity (Wildman–Crippen MR) is 100 cm³/mol. The SMILES string of the molecule is Cc1ccc(NC(=O)CSc2nnc(-c3ccccc3C)o2)cc1Cl. The molecular formula is C18H16ClN3O2S. The molecule has 0 saturated carbocycles. The fraction of sp³-hybridized carbons (Fsp3) is 0.167. The van der Waals surface area contributed by atoms with Crippen LogP contribution >= 0.6 is 23.4 Å². The van der Waals surface area contributed by atoms with Gasteiger partial charge in [0.25, 0.3) is 5.22 Å². The van der Waals surface area contributed by atoms with Crippen LogP contribution in [0.25, 0.3) is 11.5 Å². The van der Waals surface area contributed by atoms with Crippen LogP contribution in [0.5, 0.6) is 0 Å². The van der Waals surface area contributed by atoms with Crippen LogP contribution in [0.15, 0.2) is 52.1 Å². The summed E-state index contributed by atoms with van der Waals surface area (Å²) in [6, 6.07) is 13.2. The Morgan fingerprint density at radius 1 is 1.16 bits per heavy atom. The minimum absolute atomic E-state index is 0.166. The van der Waals surface area contributed by atoms with Gasteiger partial charge in [-0.15, -0.1) is 10.2 Å². The van der Waals surface area contributed by atoms with Crippen molar-refractivity contribution in [3.8, 4) is 11.5 Å². The van der Waals surface area contributed by atoms with Crippen molar-refractivity contribution in [2.24, 2.45) is 0 Å². The molecule has 0 fully saturated rings. The van der Waals surface area contributed by atoms with Crippen LogP contribution in [0, 0.1) is 13.8 Å². The number of carbonyl (C=O) groups is 1. The molecule has 7 heteroatoms. The zero-order valence-corrected chi connectivity index (χ0v) is 15.3. The van der Waals surface area contributed by atoms with Crippen LogP contribution in [0.3, 0.4) is 0 Å². The Morgan fingerprint density at radius 2 is 1.96 bits per heavy atom. The highest BCUT2D eigenvalue weighted by Crippen LogP contribution is 2.26. The molecule has 0 aliphatic heterocycles. The molecule has 5 nitrogen and oxygen atoms in total. The Balaban J connectivity index is 1.59. The molecule has 1 aromatic heterocycles. The first-order valence-corrected chi connectivity index (χ1v) is 8.97. The van der Waals surface area contributed by atoms with Gasteiger partial charge in [0.2, 0.25) is 11.8 Å². The standard InChI is InChI=1S/C18H16ClN3O2S/c1-11-5-3-4-6-14(11)17-21-22-18(24-17)25-10-16(23)20-13-8-7-12(2)15(19)9-13/h3-9H,10H2,1-2H3,(H,20,23). The molecule has 3 aromatic rings. The number of hydrogen-bond donors (Lipinski definition) is 1. The molecular weight excluding hydrogens is 358 g/mol. The second kappa shape index (κ2) is 7.72. The van der Waals surface area contributed by atoms with E-state index in [9.17, 15) is 4.79 Å². The highest BCUT2D eigenvalue weighted by molar-refractivity contribution is 7.99. The average Bonchev–Trinajstić information content (AvgIpc) is 3.05. The number of anilines is 1. The van der Waals surface area contributed by atoms with E-state index >= 15 is 0 Å². The summed E-state index contributed by atoms with van der Waals surface area (Å²) in [5.74, 6) is 0.452. The monoisotopic (exact) mass is 373 g/mol. The Morgan fingerprint density at radius 3 is 2.72 bits per heavy atom. The Hall–Kier alpha value is -2.31. The number of nitrogens with zero attached hydrogens (tertiary/aromatic N) is 2. The molecule has 0 radical (unpaired) electrons. The molecule has 0 saturated heterocycles. The van der Waals surface area contributed by atoms with Gasteiger partial charge in [-0.3, -0.25) is 4.79 Å². The summed E-state index contributed by atoms with van der Waals surface area (Å²) in [6.07, 6.45) is 0. The number of benzene rings is 2. The molecule has 1 amide bonds. The van der Waals surface area contributed by atoms with Gasteiger partial charge in [-0.2, -0.15) is 0 Å². The van der Waals surface area contributed by atoms with E-state index in [0.717, 1.165) is 16.7 Å². The van der Waals surface area contributed by atoms with Crippen LogP contribution in [0.1, 0.15) is 11.1 Å². The lowest BCUT2D eigenvalue weighted by Crippen LogP contribution is -2.14. The lowest BCUT2D eigenvalue weighted by Gasteiger charge is -2.05. The second-order valence-corrected chi connectivity index (χ2v) is 6.82. The number of aromatic nitrogens is 2. The maximum Gasteiger partial charge on any atom is 0.277 e.